The van der Waals surface area contributed by atoms with E-state index in [4.69, 9.17) is 0 Å². The van der Waals surface area contributed by atoms with E-state index in [1.807, 2.05) is 18.2 Å². The van der Waals surface area contributed by atoms with Gasteiger partial charge in [0.25, 0.3) is 5.91 Å². The molecule has 1 heterocycles. The molecule has 1 unspecified atom stereocenters. The zero-order valence-corrected chi connectivity index (χ0v) is 16.7. The molecule has 152 valence electrons. The minimum atomic E-state index is -0.243. The van der Waals surface area contributed by atoms with E-state index in [0.717, 1.165) is 26.1 Å². The zero-order valence-electron chi connectivity index (χ0n) is 16.7. The van der Waals surface area contributed by atoms with Crippen molar-refractivity contribution in [3.05, 3.63) is 59.7 Å². The Morgan fingerprint density at radius 1 is 0.966 bits per heavy atom. The molecule has 0 bridgehead atoms. The summed E-state index contributed by atoms with van der Waals surface area (Å²) in [6, 6.07) is 15.3. The number of hydrogen-bond donors (Lipinski definition) is 4. The van der Waals surface area contributed by atoms with Gasteiger partial charge in [0.05, 0.1) is 19.1 Å². The van der Waals surface area contributed by atoms with Crippen molar-refractivity contribution in [3.63, 3.8) is 0 Å². The van der Waals surface area contributed by atoms with Gasteiger partial charge in [-0.05, 0) is 18.2 Å². The van der Waals surface area contributed by atoms with Gasteiger partial charge < -0.3 is 20.9 Å². The number of carbonyl (C=O) groups is 3. The normalized spacial score (nSPS) is 18.1. The summed E-state index contributed by atoms with van der Waals surface area (Å²) in [5, 5.41) is 8.42. The molecule has 2 atom stereocenters. The molecular formula is C22H27N4O3+. The van der Waals surface area contributed by atoms with Crippen molar-refractivity contribution < 1.29 is 19.3 Å². The second kappa shape index (κ2) is 9.34. The summed E-state index contributed by atoms with van der Waals surface area (Å²) in [7, 11) is 0. The van der Waals surface area contributed by atoms with Crippen LogP contribution in [-0.4, -0.2) is 36.9 Å². The van der Waals surface area contributed by atoms with Gasteiger partial charge in [0.2, 0.25) is 11.8 Å². The number of quaternary nitrogens is 1. The molecule has 7 nitrogen and oxygen atoms in total. The maximum atomic E-state index is 12.8. The van der Waals surface area contributed by atoms with E-state index in [2.05, 4.69) is 28.1 Å². The summed E-state index contributed by atoms with van der Waals surface area (Å²) in [5.41, 5.74) is 2.63. The van der Waals surface area contributed by atoms with Crippen LogP contribution in [0.1, 0.15) is 36.2 Å². The quantitative estimate of drug-likeness (QED) is 0.592. The average molecular weight is 395 g/mol. The summed E-state index contributed by atoms with van der Waals surface area (Å²) >= 11 is 0. The Balaban J connectivity index is 1.65. The van der Waals surface area contributed by atoms with Gasteiger partial charge >= 0.3 is 0 Å². The Bertz CT molecular complexity index is 864. The van der Waals surface area contributed by atoms with Gasteiger partial charge in [0.1, 0.15) is 6.54 Å². The van der Waals surface area contributed by atoms with Crippen LogP contribution < -0.4 is 20.9 Å². The van der Waals surface area contributed by atoms with Crippen LogP contribution >= 0.6 is 0 Å². The first kappa shape index (κ1) is 20.5. The Morgan fingerprint density at radius 2 is 1.59 bits per heavy atom. The first-order chi connectivity index (χ1) is 13.9. The third-order valence-electron chi connectivity index (χ3n) is 4.85. The maximum absolute atomic E-state index is 12.8. The van der Waals surface area contributed by atoms with Gasteiger partial charge in [0.15, 0.2) is 0 Å². The van der Waals surface area contributed by atoms with Crippen molar-refractivity contribution in [2.24, 2.45) is 0 Å². The van der Waals surface area contributed by atoms with E-state index >= 15 is 0 Å². The van der Waals surface area contributed by atoms with E-state index in [-0.39, 0.29) is 23.8 Å². The van der Waals surface area contributed by atoms with Gasteiger partial charge in [-0.2, -0.15) is 0 Å². The second-order valence-electron chi connectivity index (χ2n) is 7.49. The molecule has 1 aliphatic heterocycles. The first-order valence-corrected chi connectivity index (χ1v) is 9.77. The largest absolute Gasteiger partial charge is 0.343 e. The Hall–Kier alpha value is -3.19. The second-order valence-corrected chi connectivity index (χ2v) is 7.49. The van der Waals surface area contributed by atoms with Crippen molar-refractivity contribution in [1.82, 2.24) is 5.32 Å². The number of nitrogens with one attached hydrogen (secondary N) is 4. The molecule has 7 heteroatoms. The molecule has 3 rings (SSSR count). The lowest BCUT2D eigenvalue weighted by Gasteiger charge is -2.15. The summed E-state index contributed by atoms with van der Waals surface area (Å²) in [5.74, 6) is -0.700. The lowest BCUT2D eigenvalue weighted by atomic mass is 10.1. The highest BCUT2D eigenvalue weighted by atomic mass is 16.2. The Labute approximate surface area is 170 Å². The van der Waals surface area contributed by atoms with Gasteiger partial charge in [0, 0.05) is 42.8 Å². The number of anilines is 2. The first-order valence-electron chi connectivity index (χ1n) is 9.77. The van der Waals surface area contributed by atoms with Crippen molar-refractivity contribution in [2.45, 2.75) is 32.9 Å². The van der Waals surface area contributed by atoms with Gasteiger partial charge in [-0.25, -0.2) is 0 Å². The van der Waals surface area contributed by atoms with Crippen LogP contribution in [0.2, 0.25) is 0 Å². The van der Waals surface area contributed by atoms with Crippen LogP contribution in [0.4, 0.5) is 11.4 Å². The van der Waals surface area contributed by atoms with Crippen molar-refractivity contribution >= 4 is 29.1 Å². The molecule has 0 aliphatic carbocycles. The van der Waals surface area contributed by atoms with Crippen LogP contribution in [0.25, 0.3) is 0 Å². The van der Waals surface area contributed by atoms with E-state index in [1.54, 1.807) is 18.2 Å². The third-order valence-corrected chi connectivity index (χ3v) is 4.85. The van der Waals surface area contributed by atoms with E-state index in [1.165, 1.54) is 24.3 Å². The minimum Gasteiger partial charge on any atom is -0.343 e. The highest BCUT2D eigenvalue weighted by molar-refractivity contribution is 6.00. The molecule has 2 aromatic carbocycles. The lowest BCUT2D eigenvalue weighted by molar-refractivity contribution is -0.901. The highest BCUT2D eigenvalue weighted by Gasteiger charge is 2.27. The smallest absolute Gasteiger partial charge is 0.251 e. The number of hydrogen-bond acceptors (Lipinski definition) is 3. The topological polar surface area (TPSA) is 91.7 Å². The van der Waals surface area contributed by atoms with Crippen LogP contribution in [0.3, 0.4) is 0 Å². The molecule has 4 N–H and O–H groups in total. The predicted molar refractivity (Wildman–Crippen MR) is 112 cm³/mol. The monoisotopic (exact) mass is 395 g/mol. The van der Waals surface area contributed by atoms with E-state index in [9.17, 15) is 14.4 Å². The molecule has 0 aromatic heterocycles. The van der Waals surface area contributed by atoms with Crippen molar-refractivity contribution in [1.29, 1.82) is 0 Å². The van der Waals surface area contributed by atoms with Gasteiger partial charge in [-0.3, -0.25) is 14.4 Å². The van der Waals surface area contributed by atoms with Gasteiger partial charge in [-0.15, -0.1) is 0 Å². The van der Waals surface area contributed by atoms with Crippen LogP contribution in [0.15, 0.2) is 48.5 Å². The minimum absolute atomic E-state index is 0.0925. The molecule has 1 saturated heterocycles. The standard InChI is InChI=1S/C22H26N4O3/c1-15(27)23-20-10-18(11-21(12-20)24-16(2)28)22(29)25-19-8-9-26(14-19)13-17-6-4-3-5-7-17/h3-7,10-12,19H,8-9,13-14H2,1-2H3,(H,23,27)(H,24,28)(H,25,29)/p+1/t19-/m0/s1. The molecule has 1 fully saturated rings. The van der Waals surface area contributed by atoms with E-state index in [0.29, 0.717) is 16.9 Å². The number of amides is 3. The number of rotatable bonds is 6. The molecule has 0 radical (unpaired) electrons. The molecule has 2 aromatic rings. The van der Waals surface area contributed by atoms with E-state index < -0.39 is 0 Å². The molecule has 0 spiro atoms. The van der Waals surface area contributed by atoms with Crippen LogP contribution in [0, 0.1) is 0 Å². The lowest BCUT2D eigenvalue weighted by Crippen LogP contribution is -3.09. The maximum Gasteiger partial charge on any atom is 0.251 e. The molecule has 3 amide bonds. The fourth-order valence-corrected chi connectivity index (χ4v) is 3.68. The SMILES string of the molecule is CC(=O)Nc1cc(NC(C)=O)cc(C(=O)N[C@H]2CC[NH+](Cc3ccccc3)C2)c1. The highest BCUT2D eigenvalue weighted by Crippen LogP contribution is 2.20. The number of benzene rings is 2. The van der Waals surface area contributed by atoms with Crippen LogP contribution in [-0.2, 0) is 16.1 Å². The molecule has 29 heavy (non-hydrogen) atoms. The van der Waals surface area contributed by atoms with Gasteiger partial charge in [-0.1, -0.05) is 30.3 Å². The zero-order chi connectivity index (χ0) is 20.8. The predicted octanol–water partition coefficient (Wildman–Crippen LogP) is 1.19. The Morgan fingerprint density at radius 3 is 2.17 bits per heavy atom. The van der Waals surface area contributed by atoms with Crippen LogP contribution in [0.5, 0.6) is 0 Å². The van der Waals surface area contributed by atoms with Crippen molar-refractivity contribution in [2.75, 3.05) is 23.7 Å². The van der Waals surface area contributed by atoms with Crippen molar-refractivity contribution in [3.8, 4) is 0 Å². The summed E-state index contributed by atoms with van der Waals surface area (Å²) < 4.78 is 0. The molecular weight excluding hydrogens is 368 g/mol. The summed E-state index contributed by atoms with van der Waals surface area (Å²) in [6.45, 7) is 5.60. The fourth-order valence-electron chi connectivity index (χ4n) is 3.68. The Kier molecular flexibility index (Phi) is 6.61. The molecule has 1 aliphatic rings. The number of carbonyl (C=O) groups excluding carboxylic acids is 3. The fraction of sp³-hybridized carbons (Fsp3) is 0.318. The summed E-state index contributed by atoms with van der Waals surface area (Å²) in [4.78, 5) is 37.0. The average Bonchev–Trinajstić information content (AvgIpc) is 3.08. The summed E-state index contributed by atoms with van der Waals surface area (Å²) in [6.07, 6.45) is 0.915. The third kappa shape index (κ3) is 6.15. The molecule has 0 saturated carbocycles. The number of likely N-dealkylation sites (tertiary alicyclic amines) is 1.